The van der Waals surface area contributed by atoms with Crippen molar-refractivity contribution in [2.75, 3.05) is 0 Å². The third-order valence-electron chi connectivity index (χ3n) is 1.56. The molecule has 11 heavy (non-hydrogen) atoms. The SMILES string of the molecule is N#Cc1cccc2co[c]c12. The van der Waals surface area contributed by atoms with E-state index in [2.05, 4.69) is 12.3 Å². The van der Waals surface area contributed by atoms with Crippen LogP contribution >= 0.6 is 0 Å². The number of hydrogen-bond acceptors (Lipinski definition) is 2. The van der Waals surface area contributed by atoms with Gasteiger partial charge in [0.15, 0.2) is 6.26 Å². The molecule has 0 saturated heterocycles. The highest BCUT2D eigenvalue weighted by atomic mass is 16.3. The van der Waals surface area contributed by atoms with Gasteiger partial charge in [0, 0.05) is 10.8 Å². The highest BCUT2D eigenvalue weighted by Gasteiger charge is 2.00. The molecule has 0 saturated carbocycles. The lowest BCUT2D eigenvalue weighted by atomic mass is 10.1. The predicted molar refractivity (Wildman–Crippen MR) is 39.8 cm³/mol. The van der Waals surface area contributed by atoms with Crippen molar-refractivity contribution in [2.45, 2.75) is 0 Å². The number of benzene rings is 1. The van der Waals surface area contributed by atoms with Crippen LogP contribution in [0, 0.1) is 17.6 Å². The molecule has 0 N–H and O–H groups in total. The Hall–Kier alpha value is -1.75. The third-order valence-corrected chi connectivity index (χ3v) is 1.56. The molecule has 2 heteroatoms. The summed E-state index contributed by atoms with van der Waals surface area (Å²) in [6, 6.07) is 7.52. The van der Waals surface area contributed by atoms with E-state index in [1.165, 1.54) is 0 Å². The van der Waals surface area contributed by atoms with E-state index in [1.54, 1.807) is 12.3 Å². The summed E-state index contributed by atoms with van der Waals surface area (Å²) in [4.78, 5) is 0. The fourth-order valence-electron chi connectivity index (χ4n) is 1.03. The second-order valence-electron chi connectivity index (χ2n) is 2.22. The highest BCUT2D eigenvalue weighted by Crippen LogP contribution is 2.17. The first-order valence-electron chi connectivity index (χ1n) is 3.20. The van der Waals surface area contributed by atoms with Gasteiger partial charge in [0.25, 0.3) is 0 Å². The van der Waals surface area contributed by atoms with Gasteiger partial charge in [0.05, 0.1) is 17.9 Å². The lowest BCUT2D eigenvalue weighted by Gasteiger charge is -1.87. The maximum atomic E-state index is 8.64. The molecule has 2 aromatic rings. The van der Waals surface area contributed by atoms with Gasteiger partial charge in [-0.25, -0.2) is 0 Å². The summed E-state index contributed by atoms with van der Waals surface area (Å²) >= 11 is 0. The van der Waals surface area contributed by atoms with Gasteiger partial charge >= 0.3 is 0 Å². The molecule has 0 amide bonds. The van der Waals surface area contributed by atoms with Crippen molar-refractivity contribution in [3.05, 3.63) is 36.3 Å². The van der Waals surface area contributed by atoms with E-state index in [-0.39, 0.29) is 0 Å². The zero-order chi connectivity index (χ0) is 7.68. The maximum absolute atomic E-state index is 8.64. The Morgan fingerprint density at radius 3 is 3.18 bits per heavy atom. The summed E-state index contributed by atoms with van der Waals surface area (Å²) < 4.78 is 4.83. The van der Waals surface area contributed by atoms with Crippen molar-refractivity contribution in [3.8, 4) is 6.07 Å². The van der Waals surface area contributed by atoms with Gasteiger partial charge in [-0.2, -0.15) is 5.26 Å². The van der Waals surface area contributed by atoms with Crippen molar-refractivity contribution in [1.29, 1.82) is 5.26 Å². The summed E-state index contributed by atoms with van der Waals surface area (Å²) in [7, 11) is 0. The zero-order valence-electron chi connectivity index (χ0n) is 5.66. The second-order valence-corrected chi connectivity index (χ2v) is 2.22. The van der Waals surface area contributed by atoms with Gasteiger partial charge in [-0.05, 0) is 6.07 Å². The van der Waals surface area contributed by atoms with Crippen molar-refractivity contribution >= 4 is 10.8 Å². The van der Waals surface area contributed by atoms with Crippen LogP contribution < -0.4 is 0 Å². The number of nitrogens with zero attached hydrogens (tertiary/aromatic N) is 1. The molecule has 0 fully saturated rings. The first-order chi connectivity index (χ1) is 5.42. The lowest BCUT2D eigenvalue weighted by molar-refractivity contribution is 0.563. The van der Waals surface area contributed by atoms with Gasteiger partial charge in [-0.15, -0.1) is 0 Å². The van der Waals surface area contributed by atoms with Gasteiger partial charge in [0.1, 0.15) is 0 Å². The van der Waals surface area contributed by atoms with Crippen LogP contribution in [0.3, 0.4) is 0 Å². The van der Waals surface area contributed by atoms with Gasteiger partial charge in [-0.1, -0.05) is 12.1 Å². The summed E-state index contributed by atoms with van der Waals surface area (Å²) in [6.07, 6.45) is 4.22. The van der Waals surface area contributed by atoms with E-state index in [1.807, 2.05) is 12.1 Å². The Morgan fingerprint density at radius 2 is 2.36 bits per heavy atom. The van der Waals surface area contributed by atoms with E-state index in [0.717, 1.165) is 10.8 Å². The Kier molecular flexibility index (Phi) is 1.16. The van der Waals surface area contributed by atoms with Crippen LogP contribution in [-0.2, 0) is 0 Å². The van der Waals surface area contributed by atoms with E-state index < -0.39 is 0 Å². The molecular weight excluding hydrogens is 138 g/mol. The molecule has 0 aliphatic carbocycles. The average Bonchev–Trinajstić information content (AvgIpc) is 2.50. The Morgan fingerprint density at radius 1 is 1.45 bits per heavy atom. The molecule has 2 nitrogen and oxygen atoms in total. The van der Waals surface area contributed by atoms with Crippen LogP contribution in [0.15, 0.2) is 28.9 Å². The van der Waals surface area contributed by atoms with Crippen molar-refractivity contribution in [1.82, 2.24) is 0 Å². The van der Waals surface area contributed by atoms with Crippen LogP contribution in [0.2, 0.25) is 0 Å². The molecule has 0 atom stereocenters. The van der Waals surface area contributed by atoms with Crippen LogP contribution in [0.1, 0.15) is 5.56 Å². The third kappa shape index (κ3) is 0.786. The molecular formula is C9H4NO. The van der Waals surface area contributed by atoms with Crippen LogP contribution in [0.4, 0.5) is 0 Å². The standard InChI is InChI=1S/C9H4NO/c10-4-7-2-1-3-8-5-11-6-9(7)8/h1-3,5H. The van der Waals surface area contributed by atoms with Gasteiger partial charge in [0.2, 0.25) is 0 Å². The molecule has 1 aromatic carbocycles. The normalized spacial score (nSPS) is 9.73. The second kappa shape index (κ2) is 2.14. The Bertz CT molecular complexity index is 422. The molecule has 1 radical (unpaired) electrons. The Balaban J connectivity index is 2.92. The molecule has 0 aliphatic rings. The van der Waals surface area contributed by atoms with Crippen LogP contribution in [-0.4, -0.2) is 0 Å². The smallest absolute Gasteiger partial charge is 0.178 e. The topological polar surface area (TPSA) is 36.9 Å². The van der Waals surface area contributed by atoms with Crippen LogP contribution in [0.25, 0.3) is 10.8 Å². The van der Waals surface area contributed by atoms with Crippen molar-refractivity contribution in [2.24, 2.45) is 0 Å². The summed E-state index contributed by atoms with van der Waals surface area (Å²) in [5.41, 5.74) is 0.608. The average molecular weight is 142 g/mol. The minimum atomic E-state index is 0.608. The number of furan rings is 1. The van der Waals surface area contributed by atoms with Crippen LogP contribution in [0.5, 0.6) is 0 Å². The number of fused-ring (bicyclic) bond motifs is 1. The predicted octanol–water partition coefficient (Wildman–Crippen LogP) is 2.10. The van der Waals surface area contributed by atoms with E-state index in [4.69, 9.17) is 9.68 Å². The molecule has 51 valence electrons. The minimum absolute atomic E-state index is 0.608. The fourth-order valence-corrected chi connectivity index (χ4v) is 1.03. The van der Waals surface area contributed by atoms with Gasteiger partial charge in [-0.3, -0.25) is 0 Å². The summed E-state index contributed by atoms with van der Waals surface area (Å²) in [5, 5.41) is 10.3. The molecule has 2 rings (SSSR count). The van der Waals surface area contributed by atoms with E-state index >= 15 is 0 Å². The van der Waals surface area contributed by atoms with E-state index in [9.17, 15) is 0 Å². The quantitative estimate of drug-likeness (QED) is 0.564. The summed E-state index contributed by atoms with van der Waals surface area (Å²) in [6.45, 7) is 0. The van der Waals surface area contributed by atoms with Crippen molar-refractivity contribution in [3.63, 3.8) is 0 Å². The first-order valence-corrected chi connectivity index (χ1v) is 3.20. The zero-order valence-corrected chi connectivity index (χ0v) is 5.66. The summed E-state index contributed by atoms with van der Waals surface area (Å²) in [5.74, 6) is 0. The highest BCUT2D eigenvalue weighted by molar-refractivity contribution is 5.85. The minimum Gasteiger partial charge on any atom is -0.460 e. The molecule has 0 unspecified atom stereocenters. The maximum Gasteiger partial charge on any atom is 0.178 e. The number of hydrogen-bond donors (Lipinski definition) is 0. The fraction of sp³-hybridized carbons (Fsp3) is 0. The van der Waals surface area contributed by atoms with Gasteiger partial charge < -0.3 is 4.42 Å². The largest absolute Gasteiger partial charge is 0.460 e. The Labute approximate surface area is 63.7 Å². The monoisotopic (exact) mass is 142 g/mol. The molecule has 0 aliphatic heterocycles. The number of rotatable bonds is 0. The molecule has 1 aromatic heterocycles. The molecule has 0 bridgehead atoms. The number of nitriles is 1. The van der Waals surface area contributed by atoms with Crippen molar-refractivity contribution < 1.29 is 4.42 Å². The molecule has 1 heterocycles. The first kappa shape index (κ1) is 5.99. The van der Waals surface area contributed by atoms with E-state index in [0.29, 0.717) is 5.56 Å². The lowest BCUT2D eigenvalue weighted by Crippen LogP contribution is -1.72. The molecule has 0 spiro atoms.